The average molecular weight is 449 g/mol. The van der Waals surface area contributed by atoms with Gasteiger partial charge in [-0.2, -0.15) is 0 Å². The van der Waals surface area contributed by atoms with Crippen molar-refractivity contribution in [3.05, 3.63) is 48.0 Å². The highest BCUT2D eigenvalue weighted by Gasteiger charge is 2.36. The number of hydrogen-bond donors (Lipinski definition) is 1. The molecule has 0 fully saturated rings. The van der Waals surface area contributed by atoms with Crippen LogP contribution in [0.4, 0.5) is 5.69 Å². The van der Waals surface area contributed by atoms with E-state index in [9.17, 15) is 13.2 Å². The minimum absolute atomic E-state index is 0.0705. The summed E-state index contributed by atoms with van der Waals surface area (Å²) >= 11 is 0. The molecule has 1 aliphatic heterocycles. The molecule has 0 radical (unpaired) electrons. The predicted octanol–water partition coefficient (Wildman–Crippen LogP) is 2.89. The molecule has 1 aliphatic rings. The number of nitrogens with one attached hydrogen (secondary N) is 1. The van der Waals surface area contributed by atoms with E-state index in [1.54, 1.807) is 51.5 Å². The van der Waals surface area contributed by atoms with Gasteiger partial charge in [-0.3, -0.25) is 9.10 Å². The first-order valence-corrected chi connectivity index (χ1v) is 11.7. The van der Waals surface area contributed by atoms with Gasteiger partial charge in [-0.1, -0.05) is 25.1 Å². The number of fused-ring (bicyclic) bond motifs is 1. The van der Waals surface area contributed by atoms with Crippen LogP contribution < -0.4 is 23.8 Å². The standard InChI is InChI=1S/C22H28N2O6S/c1-5-16(15-11-12-19(28-3)20(13-15)29-4)23-22(25)21-14-24(31(26,27)6-2)17-9-7-8-10-18(17)30-21/h7-13,16,21H,5-6,14H2,1-4H3,(H,23,25)/t16-,21-/m0/s1. The summed E-state index contributed by atoms with van der Waals surface area (Å²) in [6.07, 6.45) is -0.341. The molecule has 1 amide bonds. The number of carbonyl (C=O) groups excluding carboxylic acids is 1. The van der Waals surface area contributed by atoms with Crippen molar-refractivity contribution in [2.45, 2.75) is 32.4 Å². The molecule has 31 heavy (non-hydrogen) atoms. The number of sulfonamides is 1. The van der Waals surface area contributed by atoms with E-state index in [1.165, 1.54) is 4.31 Å². The molecule has 1 heterocycles. The van der Waals surface area contributed by atoms with Crippen molar-refractivity contribution in [1.29, 1.82) is 0 Å². The number of nitrogens with zero attached hydrogens (tertiary/aromatic N) is 1. The molecule has 168 valence electrons. The summed E-state index contributed by atoms with van der Waals surface area (Å²) in [5.74, 6) is 1.08. The lowest BCUT2D eigenvalue weighted by Crippen LogP contribution is -2.51. The zero-order valence-corrected chi connectivity index (χ0v) is 18.9. The Morgan fingerprint density at radius 2 is 1.87 bits per heavy atom. The van der Waals surface area contributed by atoms with Gasteiger partial charge in [-0.25, -0.2) is 8.42 Å². The zero-order chi connectivity index (χ0) is 22.6. The van der Waals surface area contributed by atoms with Gasteiger partial charge < -0.3 is 19.5 Å². The smallest absolute Gasteiger partial charge is 0.263 e. The van der Waals surface area contributed by atoms with Crippen LogP contribution in [0.5, 0.6) is 17.2 Å². The third kappa shape index (κ3) is 4.71. The zero-order valence-electron chi connectivity index (χ0n) is 18.1. The molecular formula is C22H28N2O6S. The number of amides is 1. The number of benzene rings is 2. The summed E-state index contributed by atoms with van der Waals surface area (Å²) in [7, 11) is -0.448. The fourth-order valence-corrected chi connectivity index (χ4v) is 4.64. The molecule has 8 nitrogen and oxygen atoms in total. The molecule has 9 heteroatoms. The second-order valence-corrected chi connectivity index (χ2v) is 9.27. The lowest BCUT2D eigenvalue weighted by atomic mass is 10.0. The van der Waals surface area contributed by atoms with Gasteiger partial charge >= 0.3 is 0 Å². The monoisotopic (exact) mass is 448 g/mol. The Kier molecular flexibility index (Phi) is 6.94. The topological polar surface area (TPSA) is 94.2 Å². The summed E-state index contributed by atoms with van der Waals surface area (Å²) in [5, 5.41) is 2.98. The first-order chi connectivity index (χ1) is 14.8. The van der Waals surface area contributed by atoms with Gasteiger partial charge in [-0.05, 0) is 43.2 Å². The number of rotatable bonds is 8. The maximum Gasteiger partial charge on any atom is 0.263 e. The highest BCUT2D eigenvalue weighted by molar-refractivity contribution is 7.92. The molecule has 0 spiro atoms. The van der Waals surface area contributed by atoms with Crippen LogP contribution in [0.2, 0.25) is 0 Å². The third-order valence-electron chi connectivity index (χ3n) is 5.26. The molecule has 2 atom stereocenters. The van der Waals surface area contributed by atoms with Crippen LogP contribution in [0.3, 0.4) is 0 Å². The normalized spacial score (nSPS) is 16.6. The van der Waals surface area contributed by atoms with Crippen LogP contribution in [0.25, 0.3) is 0 Å². The fraction of sp³-hybridized carbons (Fsp3) is 0.409. The van der Waals surface area contributed by atoms with Gasteiger partial charge in [-0.15, -0.1) is 0 Å². The number of para-hydroxylation sites is 2. The molecule has 0 saturated carbocycles. The van der Waals surface area contributed by atoms with Crippen LogP contribution in [-0.2, 0) is 14.8 Å². The third-order valence-corrected chi connectivity index (χ3v) is 7.01. The van der Waals surface area contributed by atoms with Crippen molar-refractivity contribution in [3.63, 3.8) is 0 Å². The maximum atomic E-state index is 13.1. The Bertz CT molecular complexity index is 1040. The van der Waals surface area contributed by atoms with Crippen molar-refractivity contribution in [2.24, 2.45) is 0 Å². The van der Waals surface area contributed by atoms with Crippen molar-refractivity contribution >= 4 is 21.6 Å². The van der Waals surface area contributed by atoms with Crippen molar-refractivity contribution in [3.8, 4) is 17.2 Å². The predicted molar refractivity (Wildman–Crippen MR) is 118 cm³/mol. The van der Waals surface area contributed by atoms with Crippen LogP contribution in [-0.4, -0.2) is 46.9 Å². The lowest BCUT2D eigenvalue weighted by Gasteiger charge is -2.35. The van der Waals surface area contributed by atoms with Gasteiger partial charge in [0.05, 0.1) is 38.2 Å². The number of hydrogen-bond acceptors (Lipinski definition) is 6. The molecule has 0 unspecified atom stereocenters. The van der Waals surface area contributed by atoms with E-state index in [1.807, 2.05) is 19.1 Å². The number of anilines is 1. The molecule has 0 aromatic heterocycles. The SMILES string of the molecule is CC[C@H](NC(=O)[C@@H]1CN(S(=O)(=O)CC)c2ccccc2O1)c1ccc(OC)c(OC)c1. The van der Waals surface area contributed by atoms with Crippen molar-refractivity contribution in [1.82, 2.24) is 5.32 Å². The second kappa shape index (κ2) is 9.47. The van der Waals surface area contributed by atoms with Crippen molar-refractivity contribution in [2.75, 3.05) is 30.8 Å². The number of carbonyl (C=O) groups is 1. The van der Waals surface area contributed by atoms with E-state index in [0.29, 0.717) is 29.4 Å². The Morgan fingerprint density at radius 1 is 1.16 bits per heavy atom. The minimum Gasteiger partial charge on any atom is -0.493 e. The summed E-state index contributed by atoms with van der Waals surface area (Å²) in [6.45, 7) is 3.45. The van der Waals surface area contributed by atoms with E-state index in [2.05, 4.69) is 5.32 Å². The quantitative estimate of drug-likeness (QED) is 0.667. The molecule has 0 bridgehead atoms. The Labute approximate surface area is 183 Å². The minimum atomic E-state index is -3.56. The van der Waals surface area contributed by atoms with Gasteiger partial charge in [0.25, 0.3) is 5.91 Å². The van der Waals surface area contributed by atoms with Gasteiger partial charge in [0.1, 0.15) is 5.75 Å². The summed E-state index contributed by atoms with van der Waals surface area (Å²) in [4.78, 5) is 13.1. The van der Waals surface area contributed by atoms with Gasteiger partial charge in [0, 0.05) is 0 Å². The van der Waals surface area contributed by atoms with E-state index < -0.39 is 16.1 Å². The van der Waals surface area contributed by atoms with Gasteiger partial charge in [0.2, 0.25) is 10.0 Å². The van der Waals surface area contributed by atoms with Crippen LogP contribution in [0.15, 0.2) is 42.5 Å². The first kappa shape index (κ1) is 22.7. The largest absolute Gasteiger partial charge is 0.493 e. The van der Waals surface area contributed by atoms with E-state index in [0.717, 1.165) is 5.56 Å². The molecule has 2 aromatic rings. The fourth-order valence-electron chi connectivity index (χ4n) is 3.51. The van der Waals surface area contributed by atoms with E-state index >= 15 is 0 Å². The van der Waals surface area contributed by atoms with Crippen LogP contribution in [0, 0.1) is 0 Å². The van der Waals surface area contributed by atoms with E-state index in [-0.39, 0.29) is 24.2 Å². The van der Waals surface area contributed by atoms with Gasteiger partial charge in [0.15, 0.2) is 17.6 Å². The molecule has 0 saturated heterocycles. The van der Waals surface area contributed by atoms with Crippen LogP contribution in [0.1, 0.15) is 31.9 Å². The Balaban J connectivity index is 1.84. The maximum absolute atomic E-state index is 13.1. The highest BCUT2D eigenvalue weighted by Crippen LogP contribution is 2.35. The summed E-state index contributed by atoms with van der Waals surface area (Å²) in [6, 6.07) is 12.0. The Morgan fingerprint density at radius 3 is 2.52 bits per heavy atom. The summed E-state index contributed by atoms with van der Waals surface area (Å²) in [5.41, 5.74) is 1.29. The highest BCUT2D eigenvalue weighted by atomic mass is 32.2. The average Bonchev–Trinajstić information content (AvgIpc) is 2.81. The number of methoxy groups -OCH3 is 2. The molecule has 3 rings (SSSR count). The second-order valence-electron chi connectivity index (χ2n) is 7.09. The Hall–Kier alpha value is -2.94. The molecular weight excluding hydrogens is 420 g/mol. The van der Waals surface area contributed by atoms with Crippen molar-refractivity contribution < 1.29 is 27.4 Å². The van der Waals surface area contributed by atoms with E-state index in [4.69, 9.17) is 14.2 Å². The summed E-state index contributed by atoms with van der Waals surface area (Å²) < 4.78 is 43.0. The lowest BCUT2D eigenvalue weighted by molar-refractivity contribution is -0.128. The molecule has 1 N–H and O–H groups in total. The molecule has 0 aliphatic carbocycles. The van der Waals surface area contributed by atoms with Crippen LogP contribution >= 0.6 is 0 Å². The number of ether oxygens (including phenoxy) is 3. The first-order valence-electron chi connectivity index (χ1n) is 10.1. The molecule has 2 aromatic carbocycles.